The molecule has 2 aromatic carbocycles. The number of hydrogen-bond donors (Lipinski definition) is 0. The highest BCUT2D eigenvalue weighted by molar-refractivity contribution is 5.89. The SMILES string of the molecule is COC(=O)c1ccc(/N=C/c2ccc(-c3ccc(C(F)(F)F)cc3)cc2)nc1. The molecule has 0 amide bonds. The highest BCUT2D eigenvalue weighted by Gasteiger charge is 2.29. The lowest BCUT2D eigenvalue weighted by atomic mass is 10.0. The second-order valence-corrected chi connectivity index (χ2v) is 5.85. The Morgan fingerprint density at radius 1 is 0.964 bits per heavy atom. The normalized spacial score (nSPS) is 11.6. The number of benzene rings is 2. The summed E-state index contributed by atoms with van der Waals surface area (Å²) < 4.78 is 42.5. The van der Waals surface area contributed by atoms with Gasteiger partial charge in [-0.1, -0.05) is 36.4 Å². The van der Waals surface area contributed by atoms with Crippen LogP contribution in [-0.4, -0.2) is 24.3 Å². The van der Waals surface area contributed by atoms with Gasteiger partial charge in [0.25, 0.3) is 0 Å². The molecule has 0 bridgehead atoms. The van der Waals surface area contributed by atoms with Gasteiger partial charge in [-0.25, -0.2) is 14.8 Å². The molecule has 1 aromatic heterocycles. The Kier molecular flexibility index (Phi) is 5.54. The number of hydrogen-bond acceptors (Lipinski definition) is 4. The van der Waals surface area contributed by atoms with Gasteiger partial charge in [-0.05, 0) is 41.0 Å². The minimum Gasteiger partial charge on any atom is -0.465 e. The molecular formula is C21H15F3N2O2. The van der Waals surface area contributed by atoms with E-state index in [1.165, 1.54) is 25.4 Å². The van der Waals surface area contributed by atoms with Crippen LogP contribution in [0.5, 0.6) is 0 Å². The zero-order valence-electron chi connectivity index (χ0n) is 14.8. The number of alkyl halides is 3. The summed E-state index contributed by atoms with van der Waals surface area (Å²) in [5.41, 5.74) is 1.95. The highest BCUT2D eigenvalue weighted by atomic mass is 19.4. The first-order valence-electron chi connectivity index (χ1n) is 8.23. The molecule has 142 valence electrons. The summed E-state index contributed by atoms with van der Waals surface area (Å²) in [7, 11) is 1.29. The van der Waals surface area contributed by atoms with Crippen LogP contribution in [0.3, 0.4) is 0 Å². The van der Waals surface area contributed by atoms with Crippen molar-refractivity contribution in [2.75, 3.05) is 7.11 Å². The molecule has 0 unspecified atom stereocenters. The van der Waals surface area contributed by atoms with E-state index in [0.717, 1.165) is 23.3 Å². The quantitative estimate of drug-likeness (QED) is 0.453. The van der Waals surface area contributed by atoms with Crippen molar-refractivity contribution in [1.82, 2.24) is 4.98 Å². The molecule has 3 rings (SSSR count). The number of esters is 1. The van der Waals surface area contributed by atoms with E-state index in [9.17, 15) is 18.0 Å². The number of nitrogens with zero attached hydrogens (tertiary/aromatic N) is 2. The third-order valence-corrected chi connectivity index (χ3v) is 3.97. The van der Waals surface area contributed by atoms with E-state index in [-0.39, 0.29) is 0 Å². The average Bonchev–Trinajstić information content (AvgIpc) is 2.72. The van der Waals surface area contributed by atoms with Crippen molar-refractivity contribution in [3.8, 4) is 11.1 Å². The van der Waals surface area contributed by atoms with Gasteiger partial charge in [0.2, 0.25) is 0 Å². The second-order valence-electron chi connectivity index (χ2n) is 5.85. The van der Waals surface area contributed by atoms with Gasteiger partial charge in [0, 0.05) is 12.4 Å². The lowest BCUT2D eigenvalue weighted by Crippen LogP contribution is -2.03. The minimum atomic E-state index is -4.35. The zero-order chi connectivity index (χ0) is 20.1. The van der Waals surface area contributed by atoms with E-state index in [4.69, 9.17) is 0 Å². The van der Waals surface area contributed by atoms with Gasteiger partial charge < -0.3 is 4.74 Å². The highest BCUT2D eigenvalue weighted by Crippen LogP contribution is 2.31. The molecule has 0 saturated heterocycles. The Labute approximate surface area is 159 Å². The lowest BCUT2D eigenvalue weighted by molar-refractivity contribution is -0.137. The molecule has 0 spiro atoms. The van der Waals surface area contributed by atoms with E-state index >= 15 is 0 Å². The molecule has 28 heavy (non-hydrogen) atoms. The van der Waals surface area contributed by atoms with E-state index < -0.39 is 17.7 Å². The predicted octanol–water partition coefficient (Wildman–Crippen LogP) is 5.30. The maximum absolute atomic E-state index is 12.6. The molecule has 1 heterocycles. The summed E-state index contributed by atoms with van der Waals surface area (Å²) in [5.74, 6) is -0.0404. The van der Waals surface area contributed by atoms with Gasteiger partial charge in [0.15, 0.2) is 5.82 Å². The van der Waals surface area contributed by atoms with Crippen LogP contribution in [0, 0.1) is 0 Å². The molecule has 0 N–H and O–H groups in total. The molecule has 3 aromatic rings. The fourth-order valence-electron chi connectivity index (χ4n) is 2.45. The number of rotatable bonds is 4. The Hall–Kier alpha value is -3.48. The Balaban J connectivity index is 1.70. The van der Waals surface area contributed by atoms with Crippen molar-refractivity contribution in [3.05, 3.63) is 83.6 Å². The Morgan fingerprint density at radius 3 is 2.07 bits per heavy atom. The van der Waals surface area contributed by atoms with Crippen molar-refractivity contribution < 1.29 is 22.7 Å². The van der Waals surface area contributed by atoms with Crippen molar-refractivity contribution in [2.24, 2.45) is 4.99 Å². The first-order chi connectivity index (χ1) is 13.4. The number of carbonyl (C=O) groups is 1. The van der Waals surface area contributed by atoms with Crippen molar-refractivity contribution in [3.63, 3.8) is 0 Å². The molecular weight excluding hydrogens is 369 g/mol. The third kappa shape index (κ3) is 4.62. The molecule has 0 atom stereocenters. The maximum atomic E-state index is 12.6. The van der Waals surface area contributed by atoms with Gasteiger partial charge >= 0.3 is 12.1 Å². The van der Waals surface area contributed by atoms with Crippen LogP contribution in [-0.2, 0) is 10.9 Å². The monoisotopic (exact) mass is 384 g/mol. The summed E-state index contributed by atoms with van der Waals surface area (Å²) in [6.45, 7) is 0. The fourth-order valence-corrected chi connectivity index (χ4v) is 2.45. The predicted molar refractivity (Wildman–Crippen MR) is 99.7 cm³/mol. The fraction of sp³-hybridized carbons (Fsp3) is 0.0952. The molecule has 4 nitrogen and oxygen atoms in total. The number of methoxy groups -OCH3 is 1. The van der Waals surface area contributed by atoms with E-state index in [0.29, 0.717) is 16.9 Å². The topological polar surface area (TPSA) is 51.5 Å². The summed E-state index contributed by atoms with van der Waals surface area (Å²) in [4.78, 5) is 19.7. The summed E-state index contributed by atoms with van der Waals surface area (Å²) in [6.07, 6.45) is -1.36. The number of halogens is 3. The van der Waals surface area contributed by atoms with Gasteiger partial charge in [-0.3, -0.25) is 0 Å². The first kappa shape index (κ1) is 19.3. The van der Waals surface area contributed by atoms with Gasteiger partial charge in [-0.15, -0.1) is 0 Å². The molecule has 0 saturated carbocycles. The van der Waals surface area contributed by atoms with Gasteiger partial charge in [0.05, 0.1) is 18.2 Å². The largest absolute Gasteiger partial charge is 0.465 e. The molecule has 7 heteroatoms. The van der Waals surface area contributed by atoms with Crippen LogP contribution in [0.2, 0.25) is 0 Å². The van der Waals surface area contributed by atoms with Crippen LogP contribution < -0.4 is 0 Å². The van der Waals surface area contributed by atoms with Crippen LogP contribution >= 0.6 is 0 Å². The number of ether oxygens (including phenoxy) is 1. The number of pyridine rings is 1. The van der Waals surface area contributed by atoms with Gasteiger partial charge in [-0.2, -0.15) is 13.2 Å². The summed E-state index contributed by atoms with van der Waals surface area (Å²) in [5, 5.41) is 0. The summed E-state index contributed by atoms with van der Waals surface area (Å²) in [6, 6.07) is 15.4. The van der Waals surface area contributed by atoms with E-state index in [2.05, 4.69) is 14.7 Å². The second kappa shape index (κ2) is 8.04. The zero-order valence-corrected chi connectivity index (χ0v) is 14.8. The molecule has 0 aliphatic carbocycles. The average molecular weight is 384 g/mol. The smallest absolute Gasteiger partial charge is 0.416 e. The minimum absolute atomic E-state index is 0.336. The van der Waals surface area contributed by atoms with Crippen LogP contribution in [0.25, 0.3) is 11.1 Å². The number of aromatic nitrogens is 1. The van der Waals surface area contributed by atoms with Crippen molar-refractivity contribution >= 4 is 18.0 Å². The van der Waals surface area contributed by atoms with Gasteiger partial charge in [0.1, 0.15) is 0 Å². The number of carbonyl (C=O) groups excluding carboxylic acids is 1. The summed E-state index contributed by atoms with van der Waals surface area (Å²) >= 11 is 0. The van der Waals surface area contributed by atoms with Crippen LogP contribution in [0.1, 0.15) is 21.5 Å². The first-order valence-corrected chi connectivity index (χ1v) is 8.23. The van der Waals surface area contributed by atoms with Crippen LogP contribution in [0.4, 0.5) is 19.0 Å². The van der Waals surface area contributed by atoms with E-state index in [1.54, 1.807) is 42.6 Å². The Morgan fingerprint density at radius 2 is 1.57 bits per heavy atom. The molecule has 0 radical (unpaired) electrons. The lowest BCUT2D eigenvalue weighted by Gasteiger charge is -2.08. The third-order valence-electron chi connectivity index (χ3n) is 3.97. The van der Waals surface area contributed by atoms with E-state index in [1.807, 2.05) is 0 Å². The molecule has 0 aliphatic rings. The van der Waals surface area contributed by atoms with Crippen molar-refractivity contribution in [1.29, 1.82) is 0 Å². The van der Waals surface area contributed by atoms with Crippen molar-refractivity contribution in [2.45, 2.75) is 6.18 Å². The van der Waals surface area contributed by atoms with Crippen LogP contribution in [0.15, 0.2) is 71.9 Å². The maximum Gasteiger partial charge on any atom is 0.416 e. The molecule has 0 aliphatic heterocycles. The molecule has 0 fully saturated rings. The number of aliphatic imine (C=N–C) groups is 1. The standard InChI is InChI=1S/C21H15F3N2O2/c1-28-20(27)17-8-11-19(26-13-17)25-12-14-2-4-15(5-3-14)16-6-9-18(10-7-16)21(22,23)24/h2-13H,1H3/b25-12+. The Bertz CT molecular complexity index is 978.